The molecular formula is C4H5ClOZn. The normalized spacial score (nSPS) is 5.57. The summed E-state index contributed by atoms with van der Waals surface area (Å²) in [5.74, 6) is 2.05. The van der Waals surface area contributed by atoms with Crippen molar-refractivity contribution >= 4 is 9.69 Å². The molecular weight excluding hydrogens is 165 g/mol. The maximum absolute atomic E-state index is 6.23. The van der Waals surface area contributed by atoms with E-state index in [1.807, 2.05) is 5.92 Å². The summed E-state index contributed by atoms with van der Waals surface area (Å²) < 4.78 is 4.39. The number of hydrogen-bond donors (Lipinski definition) is 0. The molecule has 7 heavy (non-hydrogen) atoms. The molecule has 0 aromatic heterocycles. The van der Waals surface area contributed by atoms with Crippen molar-refractivity contribution in [3.05, 3.63) is 6.42 Å². The SMILES string of the molecule is [C-]#CCOC.[Cl][Zn+]. The average molecular weight is 170 g/mol. The van der Waals surface area contributed by atoms with E-state index in [0.29, 0.717) is 6.61 Å². The molecule has 1 nitrogen and oxygen atoms in total. The Hall–Kier alpha value is 0.433. The molecule has 0 unspecified atom stereocenters. The topological polar surface area (TPSA) is 9.23 Å². The van der Waals surface area contributed by atoms with Crippen molar-refractivity contribution in [3.8, 4) is 5.92 Å². The fraction of sp³-hybridized carbons (Fsp3) is 0.500. The predicted octanol–water partition coefficient (Wildman–Crippen LogP) is 0.910. The third-order valence-electron chi connectivity index (χ3n) is 0.217. The first kappa shape index (κ1) is 10.4. The molecule has 0 N–H and O–H groups in total. The first-order valence-corrected chi connectivity index (χ1v) is 5.47. The van der Waals surface area contributed by atoms with Gasteiger partial charge < -0.3 is 17.1 Å². The molecule has 0 rings (SSSR count). The standard InChI is InChI=1S/C4H5O.ClH.Zn/c1-3-4-5-2;;/h4H2,2H3;1H;/q-1;;+2/p-1. The molecule has 0 saturated carbocycles. The molecule has 0 saturated heterocycles. The summed E-state index contributed by atoms with van der Waals surface area (Å²) in [6, 6.07) is 0. The minimum absolute atomic E-state index is 0.306. The molecule has 0 fully saturated rings. The number of halogens is 1. The van der Waals surface area contributed by atoms with E-state index in [1.54, 1.807) is 0 Å². The van der Waals surface area contributed by atoms with Crippen LogP contribution in [-0.2, 0) is 22.0 Å². The van der Waals surface area contributed by atoms with Crippen LogP contribution < -0.4 is 0 Å². The van der Waals surface area contributed by atoms with Crippen LogP contribution in [0.5, 0.6) is 0 Å². The van der Waals surface area contributed by atoms with Crippen molar-refractivity contribution in [3.63, 3.8) is 0 Å². The van der Waals surface area contributed by atoms with Crippen LogP contribution in [0.3, 0.4) is 0 Å². The van der Waals surface area contributed by atoms with E-state index in [-0.39, 0.29) is 0 Å². The van der Waals surface area contributed by atoms with Gasteiger partial charge in [-0.2, -0.15) is 0 Å². The van der Waals surface area contributed by atoms with Crippen LogP contribution in [0.15, 0.2) is 0 Å². The zero-order valence-corrected chi connectivity index (χ0v) is 7.92. The third-order valence-corrected chi connectivity index (χ3v) is 0.217. The number of ether oxygens (including phenoxy) is 1. The Labute approximate surface area is 58.1 Å². The van der Waals surface area contributed by atoms with Gasteiger partial charge in [-0.25, -0.2) is 0 Å². The second-order valence-electron chi connectivity index (χ2n) is 0.610. The molecule has 0 amide bonds. The van der Waals surface area contributed by atoms with Crippen molar-refractivity contribution in [2.75, 3.05) is 13.7 Å². The van der Waals surface area contributed by atoms with Gasteiger partial charge in [0.2, 0.25) is 0 Å². The Bertz CT molecular complexity index is 50.1. The van der Waals surface area contributed by atoms with Crippen LogP contribution in [-0.4, -0.2) is 13.7 Å². The van der Waals surface area contributed by atoms with E-state index in [2.05, 4.69) is 4.74 Å². The first-order chi connectivity index (χ1) is 3.41. The minimum atomic E-state index is 0.306. The molecule has 36 valence electrons. The predicted molar refractivity (Wildman–Crippen MR) is 24.9 cm³/mol. The van der Waals surface area contributed by atoms with Crippen LogP contribution in [0.4, 0.5) is 0 Å². The Morgan fingerprint density at radius 1 is 1.86 bits per heavy atom. The number of rotatable bonds is 1. The third kappa shape index (κ3) is 21.4. The van der Waals surface area contributed by atoms with Crippen molar-refractivity contribution < 1.29 is 22.0 Å². The summed E-state index contributed by atoms with van der Waals surface area (Å²) in [5.41, 5.74) is 0. The van der Waals surface area contributed by atoms with Gasteiger partial charge in [-0.1, -0.05) is 0 Å². The molecule has 3 heteroatoms. The molecule has 0 spiro atoms. The average Bonchev–Trinajstić information content (AvgIpc) is 1.75. The van der Waals surface area contributed by atoms with Crippen molar-refractivity contribution in [2.45, 2.75) is 0 Å². The van der Waals surface area contributed by atoms with Crippen molar-refractivity contribution in [2.24, 2.45) is 0 Å². The summed E-state index contributed by atoms with van der Waals surface area (Å²) in [5, 5.41) is 0. The zero-order valence-electron chi connectivity index (χ0n) is 4.20. The van der Waals surface area contributed by atoms with Gasteiger partial charge in [0, 0.05) is 7.11 Å². The summed E-state index contributed by atoms with van der Waals surface area (Å²) in [7, 11) is 6.29. The molecule has 0 bridgehead atoms. The number of hydrogen-bond acceptors (Lipinski definition) is 1. The van der Waals surface area contributed by atoms with Gasteiger partial charge in [0.15, 0.2) is 0 Å². The second kappa shape index (κ2) is 16.1. The summed E-state index contributed by atoms with van der Waals surface area (Å²) in [6.45, 7) is 0.306. The molecule has 0 radical (unpaired) electrons. The van der Waals surface area contributed by atoms with Crippen LogP contribution in [0.2, 0.25) is 0 Å². The molecule has 0 aromatic rings. The van der Waals surface area contributed by atoms with E-state index < -0.39 is 0 Å². The van der Waals surface area contributed by atoms with Gasteiger partial charge >= 0.3 is 27.0 Å². The van der Waals surface area contributed by atoms with Gasteiger partial charge in [-0.05, 0) is 0 Å². The second-order valence-corrected chi connectivity index (χ2v) is 0.610. The molecule has 0 aliphatic carbocycles. The monoisotopic (exact) mass is 168 g/mol. The van der Waals surface area contributed by atoms with Gasteiger partial charge in [-0.3, -0.25) is 0 Å². The van der Waals surface area contributed by atoms with Gasteiger partial charge in [-0.15, -0.1) is 0 Å². The summed E-state index contributed by atoms with van der Waals surface area (Å²) in [6.07, 6.45) is 6.23. The molecule has 0 aliphatic heterocycles. The fourth-order valence-electron chi connectivity index (χ4n) is 0.0722. The van der Waals surface area contributed by atoms with Crippen molar-refractivity contribution in [1.82, 2.24) is 0 Å². The Morgan fingerprint density at radius 3 is 2.29 bits per heavy atom. The van der Waals surface area contributed by atoms with Crippen LogP contribution in [0.1, 0.15) is 0 Å². The summed E-state index contributed by atoms with van der Waals surface area (Å²) in [4.78, 5) is 0. The fourth-order valence-corrected chi connectivity index (χ4v) is 0.0722. The first-order valence-electron chi connectivity index (χ1n) is 1.57. The quantitative estimate of drug-likeness (QED) is 0.322. The van der Waals surface area contributed by atoms with E-state index in [9.17, 15) is 0 Å². The zero-order chi connectivity index (χ0) is 6.12. The molecule has 0 aliphatic rings. The Morgan fingerprint density at radius 2 is 2.29 bits per heavy atom. The number of methoxy groups -OCH3 is 1. The van der Waals surface area contributed by atoms with Gasteiger partial charge in [0.05, 0.1) is 6.61 Å². The molecule has 0 atom stereocenters. The van der Waals surface area contributed by atoms with Crippen LogP contribution >= 0.6 is 9.69 Å². The molecule has 0 heterocycles. The van der Waals surface area contributed by atoms with E-state index in [1.165, 1.54) is 7.11 Å². The van der Waals surface area contributed by atoms with Crippen LogP contribution in [0.25, 0.3) is 0 Å². The van der Waals surface area contributed by atoms with Crippen LogP contribution in [0, 0.1) is 12.3 Å². The van der Waals surface area contributed by atoms with E-state index >= 15 is 0 Å². The summed E-state index contributed by atoms with van der Waals surface area (Å²) >= 11 is 0.847. The van der Waals surface area contributed by atoms with E-state index in [0.717, 1.165) is 17.3 Å². The Balaban J connectivity index is 0. The van der Waals surface area contributed by atoms with Gasteiger partial charge in [0.1, 0.15) is 0 Å². The van der Waals surface area contributed by atoms with Crippen molar-refractivity contribution in [1.29, 1.82) is 0 Å². The Kier molecular flexibility index (Phi) is 24.0. The van der Waals surface area contributed by atoms with Gasteiger partial charge in [0.25, 0.3) is 0 Å². The molecule has 0 aromatic carbocycles. The maximum atomic E-state index is 6.23. The van der Waals surface area contributed by atoms with E-state index in [4.69, 9.17) is 16.1 Å².